The van der Waals surface area contributed by atoms with Crippen LogP contribution in [0.25, 0.3) is 0 Å². The number of hydrogen-bond donors (Lipinski definition) is 2. The van der Waals surface area contributed by atoms with Gasteiger partial charge in [-0.25, -0.2) is 0 Å². The number of aryl methyl sites for hydroxylation is 5. The van der Waals surface area contributed by atoms with Crippen LogP contribution in [0, 0.1) is 34.6 Å². The summed E-state index contributed by atoms with van der Waals surface area (Å²) < 4.78 is 0. The van der Waals surface area contributed by atoms with Crippen molar-refractivity contribution in [1.29, 1.82) is 0 Å². The Hall–Kier alpha value is -2.19. The third-order valence-electron chi connectivity index (χ3n) is 7.37. The zero-order valence-electron chi connectivity index (χ0n) is 20.7. The minimum atomic E-state index is -1.83. The molecule has 0 spiro atoms. The van der Waals surface area contributed by atoms with Crippen LogP contribution in [0.5, 0.6) is 0 Å². The van der Waals surface area contributed by atoms with E-state index in [2.05, 4.69) is 57.4 Å². The molecule has 0 unspecified atom stereocenters. The molecule has 0 heterocycles. The highest BCUT2D eigenvalue weighted by atomic mass is 31.2. The van der Waals surface area contributed by atoms with E-state index < -0.39 is 7.26 Å². The summed E-state index contributed by atoms with van der Waals surface area (Å²) in [7, 11) is -1.83. The molecule has 3 rings (SSSR count). The number of nitrogens with one attached hydrogen (secondary N) is 2. The molecule has 1 saturated carbocycles. The first-order valence-electron chi connectivity index (χ1n) is 11.7. The fraction of sp³-hybridized carbons (Fsp3) is 0.481. The third kappa shape index (κ3) is 4.48. The van der Waals surface area contributed by atoms with E-state index in [0.29, 0.717) is 6.16 Å². The van der Waals surface area contributed by atoms with Crippen molar-refractivity contribution in [3.8, 4) is 0 Å². The second-order valence-electron chi connectivity index (χ2n) is 9.51. The molecule has 0 aromatic heterocycles. The molecule has 2 amide bonds. The number of carbonyl (C=O) groups excluding carboxylic acids is 2. The second-order valence-corrected chi connectivity index (χ2v) is 14.2. The van der Waals surface area contributed by atoms with Crippen LogP contribution >= 0.6 is 7.26 Å². The summed E-state index contributed by atoms with van der Waals surface area (Å²) in [5.41, 5.74) is 7.36. The molecule has 1 aliphatic carbocycles. The molecule has 2 aromatic carbocycles. The monoisotopic (exact) mass is 453 g/mol. The van der Waals surface area contributed by atoms with Crippen molar-refractivity contribution >= 4 is 30.5 Å². The Morgan fingerprint density at radius 3 is 1.81 bits per heavy atom. The first kappa shape index (κ1) is 24.5. The summed E-state index contributed by atoms with van der Waals surface area (Å²) in [6.45, 7) is 14.6. The van der Waals surface area contributed by atoms with E-state index in [1.807, 2.05) is 32.0 Å². The highest BCUT2D eigenvalue weighted by Gasteiger charge is 2.69. The van der Waals surface area contributed by atoms with Gasteiger partial charge in [0.15, 0.2) is 5.16 Å². The van der Waals surface area contributed by atoms with Crippen LogP contribution in [-0.4, -0.2) is 35.5 Å². The number of para-hydroxylation sites is 1. The molecule has 0 aliphatic heterocycles. The summed E-state index contributed by atoms with van der Waals surface area (Å²) >= 11 is 0. The van der Waals surface area contributed by atoms with Crippen LogP contribution in [0.1, 0.15) is 54.5 Å². The maximum Gasteiger partial charge on any atom is 0.268 e. The molecule has 2 aromatic rings. The number of rotatable bonds is 8. The molecule has 1 fully saturated rings. The van der Waals surface area contributed by atoms with Crippen molar-refractivity contribution in [3.63, 3.8) is 0 Å². The fourth-order valence-electron chi connectivity index (χ4n) is 5.31. The summed E-state index contributed by atoms with van der Waals surface area (Å²) in [5.74, 6) is 0.158. The third-order valence-corrected chi connectivity index (χ3v) is 13.2. The van der Waals surface area contributed by atoms with Gasteiger partial charge in [-0.1, -0.05) is 35.9 Å². The van der Waals surface area contributed by atoms with E-state index in [1.54, 1.807) is 0 Å². The molecule has 0 radical (unpaired) electrons. The van der Waals surface area contributed by atoms with Crippen molar-refractivity contribution in [2.24, 2.45) is 0 Å². The normalized spacial score (nSPS) is 14.7. The molecule has 32 heavy (non-hydrogen) atoms. The Balaban J connectivity index is 1.85. The quantitative estimate of drug-likeness (QED) is 0.455. The first-order chi connectivity index (χ1) is 15.1. The molecule has 5 heteroatoms. The number of benzene rings is 2. The standard InChI is InChI=1S/C27H37N2O2P/c1-8-32(9-2,17-23(30)28-24-19(4)11-10-12-20(24)5)27(13-14-27)26(31)29-25-21(6)15-18(3)16-22(25)7/h10-12,15-16H,8-9,13-14,17H2,1-7H3,(H-,28,29,30,31)/p+1. The van der Waals surface area contributed by atoms with Crippen molar-refractivity contribution in [2.45, 2.75) is 66.5 Å². The Bertz CT molecular complexity index is 993. The topological polar surface area (TPSA) is 58.2 Å². The van der Waals surface area contributed by atoms with Gasteiger partial charge in [0.05, 0.1) is 12.3 Å². The summed E-state index contributed by atoms with van der Waals surface area (Å²) in [5, 5.41) is 6.08. The maximum atomic E-state index is 13.7. The van der Waals surface area contributed by atoms with Crippen LogP contribution in [0.3, 0.4) is 0 Å². The Morgan fingerprint density at radius 1 is 0.844 bits per heavy atom. The van der Waals surface area contributed by atoms with Crippen LogP contribution in [0.15, 0.2) is 30.3 Å². The van der Waals surface area contributed by atoms with Gasteiger partial charge >= 0.3 is 0 Å². The zero-order valence-corrected chi connectivity index (χ0v) is 21.6. The highest BCUT2D eigenvalue weighted by Crippen LogP contribution is 2.77. The number of carbonyl (C=O) groups is 2. The van der Waals surface area contributed by atoms with Gasteiger partial charge in [-0.15, -0.1) is 0 Å². The van der Waals surface area contributed by atoms with Gasteiger partial charge in [-0.2, -0.15) is 0 Å². The molecule has 172 valence electrons. The molecular formula is C27H38N2O2P+. The second kappa shape index (κ2) is 9.35. The van der Waals surface area contributed by atoms with E-state index in [9.17, 15) is 9.59 Å². The number of anilines is 2. The molecule has 2 N–H and O–H groups in total. The average Bonchev–Trinajstić information content (AvgIpc) is 3.54. The minimum Gasteiger partial charge on any atom is -0.322 e. The Kier molecular flexibility index (Phi) is 7.15. The predicted octanol–water partition coefficient (Wildman–Crippen LogP) is 6.40. The lowest BCUT2D eigenvalue weighted by Gasteiger charge is -2.33. The van der Waals surface area contributed by atoms with Crippen molar-refractivity contribution in [3.05, 3.63) is 58.1 Å². The van der Waals surface area contributed by atoms with Gasteiger partial charge in [-0.3, -0.25) is 9.59 Å². The van der Waals surface area contributed by atoms with Gasteiger partial charge in [-0.05, 0) is 70.7 Å². The SMILES string of the molecule is CC[P+](CC)(CC(=O)Nc1c(C)cccc1C)C1(C(=O)Nc2c(C)cc(C)cc2C)CC1. The van der Waals surface area contributed by atoms with Crippen LogP contribution in [0.2, 0.25) is 0 Å². The molecule has 1 aliphatic rings. The van der Waals surface area contributed by atoms with Gasteiger partial charge in [0.25, 0.3) is 11.8 Å². The molecule has 0 atom stereocenters. The summed E-state index contributed by atoms with van der Waals surface area (Å²) in [4.78, 5) is 26.9. The molecule has 0 bridgehead atoms. The van der Waals surface area contributed by atoms with Gasteiger partial charge in [0.2, 0.25) is 0 Å². The fourth-order valence-corrected chi connectivity index (χ4v) is 9.90. The number of amides is 2. The lowest BCUT2D eigenvalue weighted by Crippen LogP contribution is -2.38. The summed E-state index contributed by atoms with van der Waals surface area (Å²) in [6.07, 6.45) is 4.04. The molecular weight excluding hydrogens is 415 g/mol. The van der Waals surface area contributed by atoms with Gasteiger partial charge in [0, 0.05) is 31.5 Å². The van der Waals surface area contributed by atoms with Crippen LogP contribution in [-0.2, 0) is 9.59 Å². The average molecular weight is 454 g/mol. The van der Waals surface area contributed by atoms with E-state index in [-0.39, 0.29) is 17.0 Å². The van der Waals surface area contributed by atoms with Crippen molar-refractivity contribution in [2.75, 3.05) is 29.1 Å². The highest BCUT2D eigenvalue weighted by molar-refractivity contribution is 7.79. The number of hydrogen-bond acceptors (Lipinski definition) is 2. The zero-order chi connectivity index (χ0) is 23.7. The minimum absolute atomic E-state index is 0.0428. The van der Waals surface area contributed by atoms with Crippen LogP contribution in [0.4, 0.5) is 11.4 Å². The van der Waals surface area contributed by atoms with E-state index in [4.69, 9.17) is 0 Å². The smallest absolute Gasteiger partial charge is 0.268 e. The maximum absolute atomic E-state index is 13.7. The van der Waals surface area contributed by atoms with Gasteiger partial charge < -0.3 is 10.6 Å². The first-order valence-corrected chi connectivity index (χ1v) is 14.0. The Morgan fingerprint density at radius 2 is 1.34 bits per heavy atom. The molecule has 0 saturated heterocycles. The van der Waals surface area contributed by atoms with Gasteiger partial charge in [0.1, 0.15) is 6.16 Å². The van der Waals surface area contributed by atoms with Crippen molar-refractivity contribution in [1.82, 2.24) is 0 Å². The lowest BCUT2D eigenvalue weighted by molar-refractivity contribution is -0.116. The van der Waals surface area contributed by atoms with Crippen molar-refractivity contribution < 1.29 is 9.59 Å². The van der Waals surface area contributed by atoms with E-state index >= 15 is 0 Å². The lowest BCUT2D eigenvalue weighted by atomic mass is 10.0. The van der Waals surface area contributed by atoms with Crippen LogP contribution < -0.4 is 10.6 Å². The largest absolute Gasteiger partial charge is 0.322 e. The molecule has 4 nitrogen and oxygen atoms in total. The van der Waals surface area contributed by atoms with E-state index in [0.717, 1.165) is 58.8 Å². The Labute approximate surface area is 193 Å². The predicted molar refractivity (Wildman–Crippen MR) is 139 cm³/mol. The van der Waals surface area contributed by atoms with E-state index in [1.165, 1.54) is 5.56 Å². The summed E-state index contributed by atoms with van der Waals surface area (Å²) in [6, 6.07) is 10.3.